The zero-order valence-electron chi connectivity index (χ0n) is 18.6. The summed E-state index contributed by atoms with van der Waals surface area (Å²) in [6.45, 7) is -1.14. The van der Waals surface area contributed by atoms with E-state index >= 15 is 0 Å². The summed E-state index contributed by atoms with van der Waals surface area (Å²) in [5, 5.41) is 0. The van der Waals surface area contributed by atoms with E-state index in [1.165, 1.54) is 0 Å². The van der Waals surface area contributed by atoms with Crippen molar-refractivity contribution in [1.29, 1.82) is 0 Å². The van der Waals surface area contributed by atoms with E-state index in [2.05, 4.69) is 4.74 Å². The van der Waals surface area contributed by atoms with Crippen LogP contribution in [0.1, 0.15) is 40.5 Å². The molecule has 37 heavy (non-hydrogen) atoms. The van der Waals surface area contributed by atoms with Crippen LogP contribution in [0.3, 0.4) is 0 Å². The number of rotatable bonds is 5. The Bertz CT molecular complexity index is 1490. The van der Waals surface area contributed by atoms with Crippen LogP contribution in [-0.2, 0) is 24.4 Å². The second-order valence-electron chi connectivity index (χ2n) is 8.60. The van der Waals surface area contributed by atoms with Crippen LogP contribution in [0.5, 0.6) is 5.75 Å². The Balaban J connectivity index is 1.34. The van der Waals surface area contributed by atoms with Crippen molar-refractivity contribution < 1.29 is 49.6 Å². The van der Waals surface area contributed by atoms with Gasteiger partial charge >= 0.3 is 22.1 Å². The number of carbonyl (C=O) groups is 2. The van der Waals surface area contributed by atoms with Crippen molar-refractivity contribution in [2.24, 2.45) is 5.92 Å². The molecular weight excluding hydrogens is 520 g/mol. The van der Waals surface area contributed by atoms with Crippen LogP contribution in [0.2, 0.25) is 0 Å². The van der Waals surface area contributed by atoms with Crippen LogP contribution in [0.4, 0.5) is 17.6 Å². The molecule has 0 aromatic heterocycles. The van der Waals surface area contributed by atoms with Gasteiger partial charge in [0.1, 0.15) is 0 Å². The third-order valence-electron chi connectivity index (χ3n) is 6.60. The molecule has 3 aromatic rings. The lowest BCUT2D eigenvalue weighted by atomic mass is 9.59. The van der Waals surface area contributed by atoms with Crippen molar-refractivity contribution in [3.8, 4) is 5.75 Å². The van der Waals surface area contributed by atoms with Crippen LogP contribution in [0, 0.1) is 29.2 Å². The first-order chi connectivity index (χ1) is 17.5. The molecule has 6 rings (SSSR count). The lowest BCUT2D eigenvalue weighted by Crippen LogP contribution is -2.37. The predicted molar refractivity (Wildman–Crippen MR) is 117 cm³/mol. The molecule has 0 amide bonds. The Morgan fingerprint density at radius 1 is 0.838 bits per heavy atom. The molecule has 0 saturated carbocycles. The first kappa shape index (κ1) is 24.9. The monoisotopic (exact) mass is 536 g/mol. The number of hydrogen-bond donors (Lipinski definition) is 1. The summed E-state index contributed by atoms with van der Waals surface area (Å²) in [5.41, 5.74) is 4.04. The second kappa shape index (κ2) is 8.96. The highest BCUT2D eigenvalue weighted by Crippen LogP contribution is 2.55. The van der Waals surface area contributed by atoms with E-state index < -0.39 is 68.5 Å². The third-order valence-corrected chi connectivity index (χ3v) is 7.47. The number of ether oxygens (including phenoxy) is 2. The molecule has 3 aliphatic carbocycles. The summed E-state index contributed by atoms with van der Waals surface area (Å²) in [6, 6.07) is 15.3. The number of benzene rings is 3. The lowest BCUT2D eigenvalue weighted by Gasteiger charge is -2.44. The fraction of sp³-hybridized carbons (Fsp3) is 0.200. The highest BCUT2D eigenvalue weighted by molar-refractivity contribution is 7.85. The van der Waals surface area contributed by atoms with Crippen molar-refractivity contribution in [3.05, 3.63) is 94.1 Å². The van der Waals surface area contributed by atoms with Crippen molar-refractivity contribution in [2.75, 3.05) is 6.61 Å². The summed E-state index contributed by atoms with van der Waals surface area (Å²) in [7, 11) is -5.67. The van der Waals surface area contributed by atoms with E-state index in [0.717, 1.165) is 22.3 Å². The maximum atomic E-state index is 14.1. The SMILES string of the molecule is O=C(COC(=O)C1CC2c3ccccc3C1c1ccccc12)Oc1c(F)c(F)c(S(=O)(=O)O)c(F)c1F. The quantitative estimate of drug-likeness (QED) is 0.171. The molecule has 0 radical (unpaired) electrons. The maximum Gasteiger partial charge on any atom is 0.349 e. The van der Waals surface area contributed by atoms with E-state index in [4.69, 9.17) is 9.29 Å². The summed E-state index contributed by atoms with van der Waals surface area (Å²) in [6.07, 6.45) is 0.392. The van der Waals surface area contributed by atoms with Crippen LogP contribution < -0.4 is 4.74 Å². The molecule has 1 atom stereocenters. The topological polar surface area (TPSA) is 107 Å². The van der Waals surface area contributed by atoms with Gasteiger partial charge in [-0.2, -0.15) is 17.2 Å². The molecule has 0 saturated heterocycles. The Morgan fingerprint density at radius 2 is 1.32 bits per heavy atom. The van der Waals surface area contributed by atoms with Gasteiger partial charge in [-0.15, -0.1) is 0 Å². The average molecular weight is 536 g/mol. The minimum atomic E-state index is -5.67. The Hall–Kier alpha value is -3.77. The van der Waals surface area contributed by atoms with Gasteiger partial charge in [-0.1, -0.05) is 48.5 Å². The average Bonchev–Trinajstić information content (AvgIpc) is 2.88. The van der Waals surface area contributed by atoms with Gasteiger partial charge in [-0.25, -0.2) is 13.6 Å². The Kier molecular flexibility index (Phi) is 6.03. The molecule has 3 aliphatic rings. The molecule has 0 heterocycles. The Labute approximate surface area is 207 Å². The molecule has 12 heteroatoms. The number of halogens is 4. The highest BCUT2D eigenvalue weighted by atomic mass is 32.2. The van der Waals surface area contributed by atoms with E-state index in [-0.39, 0.29) is 11.8 Å². The number of fused-ring (bicyclic) bond motifs is 1. The van der Waals surface area contributed by atoms with Gasteiger partial charge in [0, 0.05) is 11.8 Å². The fourth-order valence-electron chi connectivity index (χ4n) is 5.16. The predicted octanol–water partition coefficient (Wildman–Crippen LogP) is 4.24. The normalized spacial score (nSPS) is 19.6. The zero-order valence-corrected chi connectivity index (χ0v) is 19.4. The minimum Gasteiger partial charge on any atom is -0.453 e. The first-order valence-corrected chi connectivity index (χ1v) is 12.3. The van der Waals surface area contributed by atoms with E-state index in [1.54, 1.807) is 0 Å². The molecule has 7 nitrogen and oxygen atoms in total. The third kappa shape index (κ3) is 4.05. The maximum absolute atomic E-state index is 14.1. The molecule has 0 fully saturated rings. The summed E-state index contributed by atoms with van der Waals surface area (Å²) < 4.78 is 96.3. The summed E-state index contributed by atoms with van der Waals surface area (Å²) in [5.74, 6) is -15.1. The van der Waals surface area contributed by atoms with Crippen LogP contribution >= 0.6 is 0 Å². The van der Waals surface area contributed by atoms with Crippen molar-refractivity contribution in [2.45, 2.75) is 23.2 Å². The van der Waals surface area contributed by atoms with E-state index in [1.807, 2.05) is 48.5 Å². The van der Waals surface area contributed by atoms with Crippen LogP contribution in [-0.4, -0.2) is 31.5 Å². The van der Waals surface area contributed by atoms with Gasteiger partial charge in [-0.3, -0.25) is 9.35 Å². The molecule has 1 unspecified atom stereocenters. The highest BCUT2D eigenvalue weighted by Gasteiger charge is 2.46. The molecule has 192 valence electrons. The van der Waals surface area contributed by atoms with Crippen molar-refractivity contribution in [1.82, 2.24) is 0 Å². The minimum absolute atomic E-state index is 0.0858. The number of esters is 2. The summed E-state index contributed by atoms with van der Waals surface area (Å²) in [4.78, 5) is 22.8. The second-order valence-corrected chi connectivity index (χ2v) is 9.96. The van der Waals surface area contributed by atoms with Gasteiger partial charge in [0.05, 0.1) is 5.92 Å². The molecule has 0 aliphatic heterocycles. The first-order valence-electron chi connectivity index (χ1n) is 10.9. The summed E-state index contributed by atoms with van der Waals surface area (Å²) >= 11 is 0. The van der Waals surface area contributed by atoms with E-state index in [9.17, 15) is 35.6 Å². The van der Waals surface area contributed by atoms with Gasteiger partial charge in [-0.05, 0) is 28.7 Å². The van der Waals surface area contributed by atoms with E-state index in [0.29, 0.717) is 6.42 Å². The molecule has 1 N–H and O–H groups in total. The van der Waals surface area contributed by atoms with Gasteiger partial charge < -0.3 is 9.47 Å². The largest absolute Gasteiger partial charge is 0.453 e. The van der Waals surface area contributed by atoms with Crippen molar-refractivity contribution >= 4 is 22.1 Å². The Morgan fingerprint density at radius 3 is 1.81 bits per heavy atom. The van der Waals surface area contributed by atoms with Crippen LogP contribution in [0.15, 0.2) is 53.4 Å². The van der Waals surface area contributed by atoms with Crippen LogP contribution in [0.25, 0.3) is 0 Å². The molecule has 0 spiro atoms. The van der Waals surface area contributed by atoms with Gasteiger partial charge in [0.25, 0.3) is 0 Å². The lowest BCUT2D eigenvalue weighted by molar-refractivity contribution is -0.158. The smallest absolute Gasteiger partial charge is 0.349 e. The zero-order chi connectivity index (χ0) is 26.6. The van der Waals surface area contributed by atoms with Gasteiger partial charge in [0.15, 0.2) is 23.1 Å². The molecular formula is C25H16F4O7S. The molecule has 3 aromatic carbocycles. The fourth-order valence-corrected chi connectivity index (χ4v) is 5.79. The standard InChI is InChI=1S/C25H16F4O7S/c26-19-21(28)24(37(32,33)34)22(29)20(27)23(19)36-17(30)10-35-25(31)16-9-15-11-5-1-3-7-13(11)18(16)14-8-4-2-6-12(14)15/h1-8,15-16,18H,9-10H2,(H,32,33,34). The number of hydrogen-bond acceptors (Lipinski definition) is 6. The molecule has 2 bridgehead atoms. The number of carbonyl (C=O) groups excluding carboxylic acids is 2. The van der Waals surface area contributed by atoms with Crippen molar-refractivity contribution in [3.63, 3.8) is 0 Å². The van der Waals surface area contributed by atoms with Gasteiger partial charge in [0.2, 0.25) is 17.4 Å².